The van der Waals surface area contributed by atoms with E-state index in [0.29, 0.717) is 0 Å². The molecule has 3 heterocycles. The van der Waals surface area contributed by atoms with Gasteiger partial charge in [-0.15, -0.1) is 0 Å². The van der Waals surface area contributed by atoms with Crippen molar-refractivity contribution in [3.63, 3.8) is 0 Å². The molecule has 1 saturated heterocycles. The molecule has 1 N–H and O–H groups in total. The number of aromatic nitrogens is 2. The third-order valence-corrected chi connectivity index (χ3v) is 5.25. The normalized spacial score (nSPS) is 14.7. The summed E-state index contributed by atoms with van der Waals surface area (Å²) in [6.45, 7) is 5.42. The lowest BCUT2D eigenvalue weighted by atomic mass is 10.1. The highest BCUT2D eigenvalue weighted by molar-refractivity contribution is 8.00. The van der Waals surface area contributed by atoms with Gasteiger partial charge in [0.2, 0.25) is 0 Å². The van der Waals surface area contributed by atoms with Crippen LogP contribution in [0.5, 0.6) is 0 Å². The summed E-state index contributed by atoms with van der Waals surface area (Å²) in [4.78, 5) is 11.4. The molecule has 1 aromatic carbocycles. The molecule has 0 unspecified atom stereocenters. The molecule has 1 aliphatic heterocycles. The van der Waals surface area contributed by atoms with E-state index in [2.05, 4.69) is 44.7 Å². The molecule has 5 nitrogen and oxygen atoms in total. The molecule has 128 valence electrons. The summed E-state index contributed by atoms with van der Waals surface area (Å²) in [6.07, 6.45) is 3.77. The van der Waals surface area contributed by atoms with Crippen LogP contribution in [0, 0.1) is 6.92 Å². The summed E-state index contributed by atoms with van der Waals surface area (Å²) in [5.74, 6) is 0. The minimum absolute atomic E-state index is 0.771. The number of rotatable bonds is 4. The van der Waals surface area contributed by atoms with Crippen molar-refractivity contribution in [1.29, 1.82) is 0 Å². The molecule has 25 heavy (non-hydrogen) atoms. The van der Waals surface area contributed by atoms with E-state index in [0.717, 1.165) is 59.2 Å². The number of pyridine rings is 2. The number of nitrogens with zero attached hydrogens (tertiary/aromatic N) is 3. The maximum atomic E-state index is 5.45. The van der Waals surface area contributed by atoms with Crippen LogP contribution in [-0.2, 0) is 4.74 Å². The van der Waals surface area contributed by atoms with Crippen molar-refractivity contribution < 1.29 is 4.74 Å². The van der Waals surface area contributed by atoms with Crippen LogP contribution in [0.25, 0.3) is 10.9 Å². The SMILES string of the molecule is Cc1cccnc1SNc1cccc2ncc(N3CCOCC3)cc12. The van der Waals surface area contributed by atoms with Crippen molar-refractivity contribution in [3.8, 4) is 0 Å². The van der Waals surface area contributed by atoms with Gasteiger partial charge in [0.25, 0.3) is 0 Å². The predicted octanol–water partition coefficient (Wildman–Crippen LogP) is 3.89. The van der Waals surface area contributed by atoms with E-state index in [9.17, 15) is 0 Å². The van der Waals surface area contributed by atoms with Gasteiger partial charge in [0.05, 0.1) is 36.3 Å². The molecule has 0 radical (unpaired) electrons. The van der Waals surface area contributed by atoms with Crippen molar-refractivity contribution in [2.24, 2.45) is 0 Å². The molecule has 3 aromatic rings. The first-order valence-electron chi connectivity index (χ1n) is 8.37. The van der Waals surface area contributed by atoms with Gasteiger partial charge in [-0.3, -0.25) is 4.98 Å². The van der Waals surface area contributed by atoms with Crippen LogP contribution in [0.15, 0.2) is 53.8 Å². The molecule has 0 bridgehead atoms. The third kappa shape index (κ3) is 3.55. The van der Waals surface area contributed by atoms with Crippen LogP contribution in [-0.4, -0.2) is 36.3 Å². The lowest BCUT2D eigenvalue weighted by Gasteiger charge is -2.28. The molecular formula is C19H20N4OS. The smallest absolute Gasteiger partial charge is 0.119 e. The lowest BCUT2D eigenvalue weighted by molar-refractivity contribution is 0.122. The standard InChI is InChI=1S/C19H20N4OS/c1-14-4-3-7-20-19(14)25-22-18-6-2-5-17-16(18)12-15(13-21-17)23-8-10-24-11-9-23/h2-7,12-13,22H,8-11H2,1H3. The van der Waals surface area contributed by atoms with E-state index < -0.39 is 0 Å². The number of morpholine rings is 1. The monoisotopic (exact) mass is 352 g/mol. The lowest BCUT2D eigenvalue weighted by Crippen LogP contribution is -2.36. The Kier molecular flexibility index (Phi) is 4.72. The Hall–Kier alpha value is -2.31. The fraction of sp³-hybridized carbons (Fsp3) is 0.263. The van der Waals surface area contributed by atoms with Crippen LogP contribution in [0.1, 0.15) is 5.56 Å². The van der Waals surface area contributed by atoms with E-state index in [1.165, 1.54) is 11.9 Å². The predicted molar refractivity (Wildman–Crippen MR) is 103 cm³/mol. The van der Waals surface area contributed by atoms with Gasteiger partial charge in [-0.05, 0) is 36.8 Å². The fourth-order valence-electron chi connectivity index (χ4n) is 2.90. The van der Waals surface area contributed by atoms with E-state index in [1.807, 2.05) is 30.6 Å². The van der Waals surface area contributed by atoms with Crippen LogP contribution in [0.3, 0.4) is 0 Å². The number of anilines is 2. The Balaban J connectivity index is 1.62. The Morgan fingerprint density at radius 1 is 1.12 bits per heavy atom. The first-order valence-corrected chi connectivity index (χ1v) is 9.19. The number of ether oxygens (including phenoxy) is 1. The summed E-state index contributed by atoms with van der Waals surface area (Å²) in [6, 6.07) is 12.4. The molecule has 6 heteroatoms. The highest BCUT2D eigenvalue weighted by atomic mass is 32.2. The zero-order chi connectivity index (χ0) is 17.1. The average molecular weight is 352 g/mol. The van der Waals surface area contributed by atoms with Gasteiger partial charge in [0.15, 0.2) is 0 Å². The minimum Gasteiger partial charge on any atom is -0.378 e. The average Bonchev–Trinajstić information content (AvgIpc) is 2.67. The van der Waals surface area contributed by atoms with Gasteiger partial charge in [-0.1, -0.05) is 12.1 Å². The molecule has 0 atom stereocenters. The second-order valence-corrected chi connectivity index (χ2v) is 6.79. The third-order valence-electron chi connectivity index (χ3n) is 4.31. The molecular weight excluding hydrogens is 332 g/mol. The Morgan fingerprint density at radius 2 is 2.00 bits per heavy atom. The number of hydrogen-bond donors (Lipinski definition) is 1. The molecule has 0 aliphatic carbocycles. The van der Waals surface area contributed by atoms with E-state index in [4.69, 9.17) is 4.74 Å². The second kappa shape index (κ2) is 7.29. The Labute approximate surface area is 151 Å². The molecule has 2 aromatic heterocycles. The van der Waals surface area contributed by atoms with Gasteiger partial charge in [0.1, 0.15) is 5.03 Å². The first-order chi connectivity index (χ1) is 12.3. The van der Waals surface area contributed by atoms with Crippen molar-refractivity contribution in [3.05, 3.63) is 54.4 Å². The summed E-state index contributed by atoms with van der Waals surface area (Å²) < 4.78 is 8.89. The van der Waals surface area contributed by atoms with E-state index in [1.54, 1.807) is 0 Å². The van der Waals surface area contributed by atoms with Gasteiger partial charge < -0.3 is 14.4 Å². The quantitative estimate of drug-likeness (QED) is 0.719. The highest BCUT2D eigenvalue weighted by Crippen LogP contribution is 2.30. The second-order valence-electron chi connectivity index (χ2n) is 5.99. The van der Waals surface area contributed by atoms with Crippen molar-refractivity contribution in [2.75, 3.05) is 35.9 Å². The highest BCUT2D eigenvalue weighted by Gasteiger charge is 2.13. The van der Waals surface area contributed by atoms with E-state index >= 15 is 0 Å². The molecule has 0 amide bonds. The van der Waals surface area contributed by atoms with Gasteiger partial charge >= 0.3 is 0 Å². The fourth-order valence-corrected chi connectivity index (χ4v) is 3.63. The number of benzene rings is 1. The molecule has 0 spiro atoms. The maximum Gasteiger partial charge on any atom is 0.119 e. The van der Waals surface area contributed by atoms with Gasteiger partial charge in [0, 0.05) is 36.6 Å². The largest absolute Gasteiger partial charge is 0.378 e. The summed E-state index contributed by atoms with van der Waals surface area (Å²) >= 11 is 1.53. The van der Waals surface area contributed by atoms with Gasteiger partial charge in [-0.2, -0.15) is 0 Å². The van der Waals surface area contributed by atoms with Crippen molar-refractivity contribution >= 4 is 34.2 Å². The number of hydrogen-bond acceptors (Lipinski definition) is 6. The summed E-state index contributed by atoms with van der Waals surface area (Å²) in [7, 11) is 0. The van der Waals surface area contributed by atoms with Crippen LogP contribution < -0.4 is 9.62 Å². The molecule has 1 fully saturated rings. The van der Waals surface area contributed by atoms with Crippen molar-refractivity contribution in [2.45, 2.75) is 11.9 Å². The topological polar surface area (TPSA) is 50.3 Å². The molecule has 1 aliphatic rings. The Morgan fingerprint density at radius 3 is 2.84 bits per heavy atom. The zero-order valence-corrected chi connectivity index (χ0v) is 14.9. The van der Waals surface area contributed by atoms with Gasteiger partial charge in [-0.25, -0.2) is 4.98 Å². The number of aryl methyl sites for hydroxylation is 1. The number of nitrogens with one attached hydrogen (secondary N) is 1. The zero-order valence-electron chi connectivity index (χ0n) is 14.1. The Bertz CT molecular complexity index is 880. The molecule has 0 saturated carbocycles. The van der Waals surface area contributed by atoms with E-state index in [-0.39, 0.29) is 0 Å². The first kappa shape index (κ1) is 16.2. The maximum absolute atomic E-state index is 5.45. The van der Waals surface area contributed by atoms with Crippen LogP contribution in [0.4, 0.5) is 11.4 Å². The summed E-state index contributed by atoms with van der Waals surface area (Å²) in [5.41, 5.74) is 4.34. The van der Waals surface area contributed by atoms with Crippen LogP contribution >= 0.6 is 11.9 Å². The van der Waals surface area contributed by atoms with Crippen molar-refractivity contribution in [1.82, 2.24) is 9.97 Å². The number of fused-ring (bicyclic) bond motifs is 1. The van der Waals surface area contributed by atoms with Crippen LogP contribution in [0.2, 0.25) is 0 Å². The summed E-state index contributed by atoms with van der Waals surface area (Å²) in [5, 5.41) is 2.10. The minimum atomic E-state index is 0.771. The molecule has 4 rings (SSSR count).